The molecule has 0 aliphatic rings. The molecule has 0 heterocycles. The Kier molecular flexibility index (Phi) is 6.69. The zero-order valence-electron chi connectivity index (χ0n) is 3.57. The molecule has 1 unspecified atom stereocenters. The van der Waals surface area contributed by atoms with Crippen LogP contribution in [0.1, 0.15) is 0 Å². The minimum atomic E-state index is -5.08. The van der Waals surface area contributed by atoms with Crippen LogP contribution in [0, 0.1) is 0 Å². The van der Waals surface area contributed by atoms with E-state index in [4.69, 9.17) is 12.6 Å². The normalized spacial score (nSPS) is 13.6. The average molecular weight is 213 g/mol. The van der Waals surface area contributed by atoms with E-state index < -0.39 is 16.6 Å². The summed E-state index contributed by atoms with van der Waals surface area (Å²) >= 11 is -0.995. The van der Waals surface area contributed by atoms with Crippen LogP contribution in [0.25, 0.3) is 0 Å². The summed E-state index contributed by atoms with van der Waals surface area (Å²) in [5.41, 5.74) is -5.08. The first-order chi connectivity index (χ1) is 3.94. The topological polar surface area (TPSA) is 57.2 Å². The van der Waals surface area contributed by atoms with Crippen LogP contribution in [0.15, 0.2) is 0 Å². The summed E-state index contributed by atoms with van der Waals surface area (Å²) < 4.78 is 57.3. The standard InChI is InChI=1S/CHF3O2S.Cu.O/c2-1(3,4)7(5)6;;/h(H,5,6);;/p-1. The summed E-state index contributed by atoms with van der Waals surface area (Å²) in [6.07, 6.45) is 0. The molecule has 0 fully saturated rings. The van der Waals surface area contributed by atoms with Crippen LogP contribution in [-0.2, 0) is 30.9 Å². The van der Waals surface area contributed by atoms with Crippen molar-refractivity contribution in [3.05, 3.63) is 0 Å². The fourth-order valence-corrected chi connectivity index (χ4v) is 0. The second-order valence-corrected chi connectivity index (χ2v) is 1.61. The van der Waals surface area contributed by atoms with Gasteiger partial charge < -0.3 is 4.55 Å². The number of alkyl halides is 3. The van der Waals surface area contributed by atoms with Crippen molar-refractivity contribution in [1.29, 1.82) is 0 Å². The van der Waals surface area contributed by atoms with Crippen LogP contribution in [0.3, 0.4) is 0 Å². The molecular formula is CCuF3O3S-. The van der Waals surface area contributed by atoms with Crippen LogP contribution in [0.5, 0.6) is 0 Å². The molecule has 0 saturated carbocycles. The maximum absolute atomic E-state index is 10.6. The van der Waals surface area contributed by atoms with Crippen LogP contribution in [-0.4, -0.2) is 14.3 Å². The summed E-state index contributed by atoms with van der Waals surface area (Å²) in [6.45, 7) is 0. The molecule has 0 bridgehead atoms. The molecule has 0 aromatic rings. The molecule has 9 heavy (non-hydrogen) atoms. The van der Waals surface area contributed by atoms with Crippen molar-refractivity contribution in [2.75, 3.05) is 0 Å². The van der Waals surface area contributed by atoms with Gasteiger partial charge in [-0.05, 0) is 0 Å². The second kappa shape index (κ2) is 5.04. The van der Waals surface area contributed by atoms with Crippen molar-refractivity contribution >= 4 is 11.1 Å². The zero-order valence-corrected chi connectivity index (χ0v) is 5.33. The van der Waals surface area contributed by atoms with E-state index in [1.54, 1.807) is 0 Å². The fraction of sp³-hybridized carbons (Fsp3) is 1.00. The Morgan fingerprint density at radius 1 is 1.33 bits per heavy atom. The van der Waals surface area contributed by atoms with Crippen molar-refractivity contribution in [3.63, 3.8) is 0 Å². The van der Waals surface area contributed by atoms with E-state index in [0.717, 1.165) is 0 Å². The molecule has 0 amide bonds. The molecule has 61 valence electrons. The summed E-state index contributed by atoms with van der Waals surface area (Å²) in [5.74, 6) is 0. The predicted octanol–water partition coefficient (Wildman–Crippen LogP) is 0.264. The molecule has 0 spiro atoms. The summed E-state index contributed by atoms with van der Waals surface area (Å²) in [7, 11) is 0. The maximum atomic E-state index is 10.6. The molecular weight excluding hydrogens is 213 g/mol. The number of hydrogen-bond acceptors (Lipinski definition) is 3. The van der Waals surface area contributed by atoms with Gasteiger partial charge in [0.05, 0.1) is 11.1 Å². The van der Waals surface area contributed by atoms with Gasteiger partial charge in [-0.1, -0.05) is 0 Å². The van der Waals surface area contributed by atoms with Gasteiger partial charge in [0, 0.05) is 0 Å². The Bertz CT molecular complexity index is 102. The van der Waals surface area contributed by atoms with Crippen LogP contribution < -0.4 is 0 Å². The van der Waals surface area contributed by atoms with Gasteiger partial charge in [-0.15, -0.1) is 0 Å². The molecule has 0 aliphatic carbocycles. The number of halogens is 3. The third-order valence-corrected chi connectivity index (χ3v) is 0.567. The molecule has 0 N–H and O–H groups in total. The Hall–Kier alpha value is 0.219. The van der Waals surface area contributed by atoms with Crippen molar-refractivity contribution in [2.24, 2.45) is 0 Å². The van der Waals surface area contributed by atoms with E-state index >= 15 is 0 Å². The number of rotatable bonds is 0. The summed E-state index contributed by atoms with van der Waals surface area (Å²) in [4.78, 5) is 0. The molecule has 0 radical (unpaired) electrons. The van der Waals surface area contributed by atoms with Crippen molar-refractivity contribution in [1.82, 2.24) is 0 Å². The predicted molar refractivity (Wildman–Crippen MR) is 15.7 cm³/mol. The van der Waals surface area contributed by atoms with E-state index in [2.05, 4.69) is 15.9 Å². The van der Waals surface area contributed by atoms with E-state index in [0.29, 0.717) is 0 Å². The molecule has 0 aromatic heterocycles. The Labute approximate surface area is 58.9 Å². The van der Waals surface area contributed by atoms with Crippen LogP contribution >= 0.6 is 0 Å². The van der Waals surface area contributed by atoms with E-state index in [1.807, 2.05) is 0 Å². The average Bonchev–Trinajstić information content (AvgIpc) is 1.69. The number of hydrogen-bond donors (Lipinski definition) is 0. The van der Waals surface area contributed by atoms with E-state index in [9.17, 15) is 13.2 Å². The van der Waals surface area contributed by atoms with Crippen molar-refractivity contribution in [3.8, 4) is 0 Å². The molecule has 0 aliphatic heterocycles. The molecule has 1 atom stereocenters. The van der Waals surface area contributed by atoms with Gasteiger partial charge in [0.25, 0.3) is 0 Å². The van der Waals surface area contributed by atoms with Crippen LogP contribution in [0.2, 0.25) is 0 Å². The monoisotopic (exact) mass is 212 g/mol. The van der Waals surface area contributed by atoms with Crippen LogP contribution in [0.4, 0.5) is 13.2 Å². The van der Waals surface area contributed by atoms with Crippen molar-refractivity contribution < 1.29 is 41.7 Å². The van der Waals surface area contributed by atoms with Gasteiger partial charge >= 0.3 is 25.3 Å². The molecule has 0 saturated heterocycles. The third kappa shape index (κ3) is 8.22. The zero-order chi connectivity index (χ0) is 8.08. The first-order valence-corrected chi connectivity index (χ1v) is 2.69. The fourth-order valence-electron chi connectivity index (χ4n) is 0. The molecule has 0 rings (SSSR count). The third-order valence-electron chi connectivity index (χ3n) is 0.189. The van der Waals surface area contributed by atoms with Gasteiger partial charge in [-0.3, -0.25) is 4.21 Å². The minimum absolute atomic E-state index is 2.94. The second-order valence-electron chi connectivity index (χ2n) is 0.680. The Morgan fingerprint density at radius 2 is 1.44 bits per heavy atom. The molecule has 8 heteroatoms. The first kappa shape index (κ1) is 12.0. The first-order valence-electron chi connectivity index (χ1n) is 1.23. The summed E-state index contributed by atoms with van der Waals surface area (Å²) in [6, 6.07) is 0. The van der Waals surface area contributed by atoms with E-state index in [-0.39, 0.29) is 0 Å². The quantitative estimate of drug-likeness (QED) is 0.428. The van der Waals surface area contributed by atoms with Crippen molar-refractivity contribution in [2.45, 2.75) is 5.51 Å². The van der Waals surface area contributed by atoms with Gasteiger partial charge in [-0.2, -0.15) is 13.2 Å². The summed E-state index contributed by atoms with van der Waals surface area (Å²) in [5, 5.41) is 0. The molecule has 3 nitrogen and oxygen atoms in total. The van der Waals surface area contributed by atoms with Gasteiger partial charge in [0.1, 0.15) is 0 Å². The SMILES string of the molecule is O=S([O-])C(F)(F)F.[O]=[Cu]. The Balaban J connectivity index is 0. The molecule has 0 aromatic carbocycles. The Morgan fingerprint density at radius 3 is 1.44 bits per heavy atom. The van der Waals surface area contributed by atoms with Gasteiger partial charge in [0.15, 0.2) is 0 Å². The van der Waals surface area contributed by atoms with E-state index in [1.165, 1.54) is 0 Å². The van der Waals surface area contributed by atoms with Gasteiger partial charge in [-0.25, -0.2) is 0 Å². The van der Waals surface area contributed by atoms with Gasteiger partial charge in [0.2, 0.25) is 0 Å².